The van der Waals surface area contributed by atoms with Gasteiger partial charge in [-0.15, -0.1) is 0 Å². The Balaban J connectivity index is 1.55. The van der Waals surface area contributed by atoms with Crippen molar-refractivity contribution in [1.82, 2.24) is 9.97 Å². The predicted octanol–water partition coefficient (Wildman–Crippen LogP) is 4.48. The fourth-order valence-corrected chi connectivity index (χ4v) is 3.31. The van der Waals surface area contributed by atoms with Crippen LogP contribution >= 0.6 is 0 Å². The summed E-state index contributed by atoms with van der Waals surface area (Å²) >= 11 is 0. The minimum Gasteiger partial charge on any atom is -0.366 e. The van der Waals surface area contributed by atoms with Crippen LogP contribution in [0.1, 0.15) is 23.1 Å². The van der Waals surface area contributed by atoms with E-state index in [0.29, 0.717) is 0 Å². The molecule has 1 N–H and O–H groups in total. The van der Waals surface area contributed by atoms with E-state index in [-0.39, 0.29) is 0 Å². The molecule has 0 aliphatic carbocycles. The van der Waals surface area contributed by atoms with E-state index in [2.05, 4.69) is 70.7 Å². The highest BCUT2D eigenvalue weighted by Crippen LogP contribution is 2.31. The molecule has 0 atom stereocenters. The number of fused-ring (bicyclic) bond motifs is 1. The summed E-state index contributed by atoms with van der Waals surface area (Å²) in [6, 6.07) is 18.9. The number of rotatable bonds is 4. The van der Waals surface area contributed by atoms with Crippen molar-refractivity contribution in [2.75, 3.05) is 16.8 Å². The maximum atomic E-state index is 4.74. The molecule has 126 valence electrons. The third kappa shape index (κ3) is 3.33. The van der Waals surface area contributed by atoms with E-state index in [1.54, 1.807) is 0 Å². The number of hydrogen-bond donors (Lipinski definition) is 1. The van der Waals surface area contributed by atoms with E-state index < -0.39 is 0 Å². The quantitative estimate of drug-likeness (QED) is 0.766. The minimum atomic E-state index is 0.764. The van der Waals surface area contributed by atoms with Crippen LogP contribution in [0.2, 0.25) is 0 Å². The van der Waals surface area contributed by atoms with Gasteiger partial charge in [-0.1, -0.05) is 42.5 Å². The van der Waals surface area contributed by atoms with Gasteiger partial charge in [-0.3, -0.25) is 0 Å². The number of hydrogen-bond acceptors (Lipinski definition) is 4. The van der Waals surface area contributed by atoms with Gasteiger partial charge >= 0.3 is 0 Å². The summed E-state index contributed by atoms with van der Waals surface area (Å²) < 4.78 is 0. The molecule has 0 unspecified atom stereocenters. The standard InChI is InChI=1S/C21H22N4/c1-16-7-2-3-9-18(16)15-23-20-12-13-22-21(24-20)25-14-6-10-17-8-4-5-11-19(17)25/h2-5,7-9,11-13H,6,10,14-15H2,1H3,(H,22,23,24). The molecule has 4 heteroatoms. The Morgan fingerprint density at radius 3 is 2.80 bits per heavy atom. The second kappa shape index (κ2) is 6.93. The summed E-state index contributed by atoms with van der Waals surface area (Å²) in [5.41, 5.74) is 5.17. The van der Waals surface area contributed by atoms with E-state index in [1.807, 2.05) is 12.3 Å². The normalized spacial score (nSPS) is 13.4. The van der Waals surface area contributed by atoms with Crippen LogP contribution in [-0.2, 0) is 13.0 Å². The van der Waals surface area contributed by atoms with Crippen LogP contribution in [0.5, 0.6) is 0 Å². The number of aromatic nitrogens is 2. The Bertz CT molecular complexity index is 875. The first-order valence-corrected chi connectivity index (χ1v) is 8.78. The summed E-state index contributed by atoms with van der Waals surface area (Å²) in [6.07, 6.45) is 4.08. The molecular formula is C21H22N4. The summed E-state index contributed by atoms with van der Waals surface area (Å²) in [5, 5.41) is 3.43. The first kappa shape index (κ1) is 15.6. The first-order chi connectivity index (χ1) is 12.3. The highest BCUT2D eigenvalue weighted by molar-refractivity contribution is 5.64. The maximum Gasteiger partial charge on any atom is 0.231 e. The highest BCUT2D eigenvalue weighted by Gasteiger charge is 2.19. The molecule has 2 heterocycles. The van der Waals surface area contributed by atoms with Crippen molar-refractivity contribution >= 4 is 17.5 Å². The van der Waals surface area contributed by atoms with Gasteiger partial charge in [-0.05, 0) is 48.6 Å². The van der Waals surface area contributed by atoms with Crippen molar-refractivity contribution in [2.45, 2.75) is 26.3 Å². The van der Waals surface area contributed by atoms with Gasteiger partial charge in [0.25, 0.3) is 0 Å². The monoisotopic (exact) mass is 330 g/mol. The summed E-state index contributed by atoms with van der Waals surface area (Å²) in [5.74, 6) is 1.62. The first-order valence-electron chi connectivity index (χ1n) is 8.78. The third-order valence-electron chi connectivity index (χ3n) is 4.72. The lowest BCUT2D eigenvalue weighted by atomic mass is 10.0. The zero-order valence-electron chi connectivity index (χ0n) is 14.4. The topological polar surface area (TPSA) is 41.1 Å². The Morgan fingerprint density at radius 2 is 1.88 bits per heavy atom. The largest absolute Gasteiger partial charge is 0.366 e. The van der Waals surface area contributed by atoms with Crippen LogP contribution < -0.4 is 10.2 Å². The zero-order valence-corrected chi connectivity index (χ0v) is 14.4. The highest BCUT2D eigenvalue weighted by atomic mass is 15.3. The van der Waals surface area contributed by atoms with Gasteiger partial charge in [0.1, 0.15) is 5.82 Å². The van der Waals surface area contributed by atoms with Crippen molar-refractivity contribution < 1.29 is 0 Å². The minimum absolute atomic E-state index is 0.764. The number of para-hydroxylation sites is 1. The molecule has 1 aliphatic rings. The molecule has 2 aromatic carbocycles. The smallest absolute Gasteiger partial charge is 0.231 e. The average Bonchev–Trinajstić information content (AvgIpc) is 2.67. The number of aryl methyl sites for hydroxylation is 2. The molecule has 4 nitrogen and oxygen atoms in total. The van der Waals surface area contributed by atoms with Gasteiger partial charge in [0, 0.05) is 25.0 Å². The molecule has 1 aliphatic heterocycles. The lowest BCUT2D eigenvalue weighted by molar-refractivity contribution is 0.750. The van der Waals surface area contributed by atoms with Crippen molar-refractivity contribution in [1.29, 1.82) is 0 Å². The molecule has 0 saturated heterocycles. The predicted molar refractivity (Wildman–Crippen MR) is 102 cm³/mol. The van der Waals surface area contributed by atoms with Gasteiger partial charge in [-0.25, -0.2) is 4.98 Å². The Kier molecular flexibility index (Phi) is 4.34. The number of anilines is 3. The Hall–Kier alpha value is -2.88. The number of nitrogens with zero attached hydrogens (tertiary/aromatic N) is 3. The summed E-state index contributed by atoms with van der Waals surface area (Å²) in [6.45, 7) is 3.85. The molecule has 0 fully saturated rings. The Labute approximate surface area is 148 Å². The number of benzene rings is 2. The van der Waals surface area contributed by atoms with Gasteiger partial charge < -0.3 is 10.2 Å². The van der Waals surface area contributed by atoms with E-state index >= 15 is 0 Å². The van der Waals surface area contributed by atoms with Crippen LogP contribution in [0.25, 0.3) is 0 Å². The van der Waals surface area contributed by atoms with Crippen LogP contribution in [0.3, 0.4) is 0 Å². The zero-order chi connectivity index (χ0) is 17.1. The molecule has 4 rings (SSSR count). The van der Waals surface area contributed by atoms with Crippen LogP contribution in [0.4, 0.5) is 17.5 Å². The molecule has 1 aromatic heterocycles. The molecule has 0 radical (unpaired) electrons. The van der Waals surface area contributed by atoms with E-state index in [4.69, 9.17) is 4.98 Å². The van der Waals surface area contributed by atoms with E-state index in [0.717, 1.165) is 37.7 Å². The second-order valence-corrected chi connectivity index (χ2v) is 6.41. The molecule has 3 aromatic rings. The molecular weight excluding hydrogens is 308 g/mol. The van der Waals surface area contributed by atoms with E-state index in [9.17, 15) is 0 Å². The summed E-state index contributed by atoms with van der Waals surface area (Å²) in [4.78, 5) is 11.5. The lowest BCUT2D eigenvalue weighted by Crippen LogP contribution is -2.26. The van der Waals surface area contributed by atoms with Gasteiger partial charge in [-0.2, -0.15) is 4.98 Å². The van der Waals surface area contributed by atoms with Crippen LogP contribution in [0.15, 0.2) is 60.8 Å². The number of nitrogens with one attached hydrogen (secondary N) is 1. The van der Waals surface area contributed by atoms with Gasteiger partial charge in [0.2, 0.25) is 5.95 Å². The average molecular weight is 330 g/mol. The van der Waals surface area contributed by atoms with Crippen molar-refractivity contribution in [2.24, 2.45) is 0 Å². The van der Waals surface area contributed by atoms with Crippen molar-refractivity contribution in [3.63, 3.8) is 0 Å². The molecule has 25 heavy (non-hydrogen) atoms. The molecule has 0 spiro atoms. The lowest BCUT2D eigenvalue weighted by Gasteiger charge is -2.29. The molecule has 0 saturated carbocycles. The van der Waals surface area contributed by atoms with E-state index in [1.165, 1.54) is 22.4 Å². The van der Waals surface area contributed by atoms with Crippen LogP contribution in [-0.4, -0.2) is 16.5 Å². The van der Waals surface area contributed by atoms with Crippen LogP contribution in [0, 0.1) is 6.92 Å². The van der Waals surface area contributed by atoms with Crippen molar-refractivity contribution in [3.05, 3.63) is 77.5 Å². The summed E-state index contributed by atoms with van der Waals surface area (Å²) in [7, 11) is 0. The SMILES string of the molecule is Cc1ccccc1CNc1ccnc(N2CCCc3ccccc32)n1. The fraction of sp³-hybridized carbons (Fsp3) is 0.238. The molecule has 0 bridgehead atoms. The third-order valence-corrected chi connectivity index (χ3v) is 4.72. The van der Waals surface area contributed by atoms with Gasteiger partial charge in [0.05, 0.1) is 0 Å². The maximum absolute atomic E-state index is 4.74. The second-order valence-electron chi connectivity index (χ2n) is 6.41. The Morgan fingerprint density at radius 1 is 1.04 bits per heavy atom. The molecule has 0 amide bonds. The fourth-order valence-electron chi connectivity index (χ4n) is 3.31. The van der Waals surface area contributed by atoms with Gasteiger partial charge in [0.15, 0.2) is 0 Å². The van der Waals surface area contributed by atoms with Crippen molar-refractivity contribution in [3.8, 4) is 0 Å².